The number of halogens is 2. The Labute approximate surface area is 260 Å². The molecule has 10 heteroatoms. The van der Waals surface area contributed by atoms with E-state index in [1.54, 1.807) is 11.0 Å². The van der Waals surface area contributed by atoms with Gasteiger partial charge in [-0.1, -0.05) is 50.8 Å². The summed E-state index contributed by atoms with van der Waals surface area (Å²) >= 11 is 0. The molecule has 6 rings (SSSR count). The van der Waals surface area contributed by atoms with Crippen LogP contribution in [0.15, 0.2) is 59.9 Å². The van der Waals surface area contributed by atoms with Crippen LogP contribution in [0, 0.1) is 11.6 Å². The first-order valence-electron chi connectivity index (χ1n) is 15.3. The lowest BCUT2D eigenvalue weighted by molar-refractivity contribution is -0.126. The van der Waals surface area contributed by atoms with Crippen LogP contribution in [0.25, 0.3) is 28.0 Å². The molecule has 232 valence electrons. The predicted octanol–water partition coefficient (Wildman–Crippen LogP) is 5.52. The summed E-state index contributed by atoms with van der Waals surface area (Å²) in [5, 5.41) is 0.291. The van der Waals surface area contributed by atoms with E-state index in [0.717, 1.165) is 11.1 Å². The van der Waals surface area contributed by atoms with Crippen molar-refractivity contribution in [3.8, 4) is 16.9 Å². The smallest absolute Gasteiger partial charge is 0.350 e. The van der Waals surface area contributed by atoms with Crippen LogP contribution >= 0.6 is 0 Å². The molecule has 0 N–H and O–H groups in total. The van der Waals surface area contributed by atoms with Gasteiger partial charge in [-0.2, -0.15) is 4.98 Å². The molecule has 1 amide bonds. The van der Waals surface area contributed by atoms with Crippen molar-refractivity contribution in [2.75, 3.05) is 24.5 Å². The molecule has 0 aliphatic carbocycles. The minimum absolute atomic E-state index is 0.00692. The SMILES string of the molecule is C=CC(=O)N1CCN(c2nc(=O)n3c4nc(c(F)cc24)-c2c(F)cccc2CC(=O)CCCc2cccc(C(C)C)c2-3)[C@@H](C)C1. The first kappa shape index (κ1) is 30.3. The van der Waals surface area contributed by atoms with Gasteiger partial charge in [0.15, 0.2) is 5.65 Å². The molecule has 0 radical (unpaired) electrons. The van der Waals surface area contributed by atoms with Gasteiger partial charge in [-0.05, 0) is 60.6 Å². The third-order valence-corrected chi connectivity index (χ3v) is 8.81. The second kappa shape index (κ2) is 12.0. The van der Waals surface area contributed by atoms with Crippen LogP contribution in [0.2, 0.25) is 0 Å². The summed E-state index contributed by atoms with van der Waals surface area (Å²) in [6.07, 6.45) is 2.48. The highest BCUT2D eigenvalue weighted by Crippen LogP contribution is 2.36. The molecule has 4 heterocycles. The molecule has 4 aromatic rings. The number of anilines is 1. The number of para-hydroxylation sites is 1. The van der Waals surface area contributed by atoms with Crippen LogP contribution in [0.5, 0.6) is 0 Å². The number of rotatable bonds is 3. The van der Waals surface area contributed by atoms with Gasteiger partial charge in [-0.3, -0.25) is 9.59 Å². The zero-order chi connectivity index (χ0) is 32.0. The number of carbonyl (C=O) groups excluding carboxylic acids is 2. The predicted molar refractivity (Wildman–Crippen MR) is 170 cm³/mol. The van der Waals surface area contributed by atoms with Crippen LogP contribution < -0.4 is 10.6 Å². The first-order valence-corrected chi connectivity index (χ1v) is 15.3. The van der Waals surface area contributed by atoms with Gasteiger partial charge in [0.1, 0.15) is 28.9 Å². The van der Waals surface area contributed by atoms with Crippen molar-refractivity contribution < 1.29 is 18.4 Å². The summed E-state index contributed by atoms with van der Waals surface area (Å²) in [7, 11) is 0. The number of amides is 1. The van der Waals surface area contributed by atoms with Crippen molar-refractivity contribution in [3.63, 3.8) is 0 Å². The lowest BCUT2D eigenvalue weighted by Crippen LogP contribution is -2.54. The number of hydrogen-bond donors (Lipinski definition) is 0. The summed E-state index contributed by atoms with van der Waals surface area (Å²) in [6.45, 7) is 10.6. The van der Waals surface area contributed by atoms with Crippen molar-refractivity contribution in [2.45, 2.75) is 58.4 Å². The zero-order valence-corrected chi connectivity index (χ0v) is 25.6. The average Bonchev–Trinajstić information content (AvgIpc) is 3.01. The number of aromatic nitrogens is 3. The summed E-state index contributed by atoms with van der Waals surface area (Å²) in [5.41, 5.74) is 1.82. The fourth-order valence-corrected chi connectivity index (χ4v) is 6.61. The third-order valence-electron chi connectivity index (χ3n) is 8.81. The Kier molecular flexibility index (Phi) is 8.07. The van der Waals surface area contributed by atoms with Gasteiger partial charge in [0, 0.05) is 44.1 Å². The van der Waals surface area contributed by atoms with Crippen molar-refractivity contribution in [1.29, 1.82) is 0 Å². The quantitative estimate of drug-likeness (QED) is 0.284. The van der Waals surface area contributed by atoms with E-state index in [2.05, 4.69) is 11.6 Å². The fraction of sp³-hybridized carbons (Fsp3) is 0.343. The first-order chi connectivity index (χ1) is 21.6. The zero-order valence-electron chi connectivity index (χ0n) is 25.6. The molecule has 1 saturated heterocycles. The number of benzene rings is 2. The minimum atomic E-state index is -0.796. The Bertz CT molecular complexity index is 1920. The van der Waals surface area contributed by atoms with Gasteiger partial charge in [0.2, 0.25) is 5.91 Å². The van der Waals surface area contributed by atoms with E-state index in [1.165, 1.54) is 28.8 Å². The highest BCUT2D eigenvalue weighted by atomic mass is 19.1. The number of piperazine rings is 1. The average molecular weight is 612 g/mol. The van der Waals surface area contributed by atoms with Crippen LogP contribution in [0.4, 0.5) is 14.6 Å². The molecular weight excluding hydrogens is 576 g/mol. The molecule has 2 aromatic carbocycles. The van der Waals surface area contributed by atoms with Gasteiger partial charge >= 0.3 is 5.69 Å². The normalized spacial score (nSPS) is 17.0. The Morgan fingerprint density at radius 1 is 1.02 bits per heavy atom. The largest absolute Gasteiger partial charge is 0.355 e. The molecule has 1 atom stereocenters. The van der Waals surface area contributed by atoms with Gasteiger partial charge in [0.05, 0.1) is 11.1 Å². The molecule has 2 aliphatic rings. The van der Waals surface area contributed by atoms with E-state index in [-0.39, 0.29) is 59.2 Å². The van der Waals surface area contributed by atoms with Crippen LogP contribution in [-0.4, -0.2) is 56.8 Å². The number of Topliss-reactive ketones (excluding diaryl/α,β-unsaturated/α-hetero) is 1. The summed E-state index contributed by atoms with van der Waals surface area (Å²) in [4.78, 5) is 52.5. The fourth-order valence-electron chi connectivity index (χ4n) is 6.61. The lowest BCUT2D eigenvalue weighted by Gasteiger charge is -2.40. The van der Waals surface area contributed by atoms with Crippen LogP contribution in [-0.2, 0) is 22.4 Å². The summed E-state index contributed by atoms with van der Waals surface area (Å²) < 4.78 is 33.2. The molecule has 2 aliphatic heterocycles. The Morgan fingerprint density at radius 3 is 2.51 bits per heavy atom. The molecule has 45 heavy (non-hydrogen) atoms. The van der Waals surface area contributed by atoms with Gasteiger partial charge in [0.25, 0.3) is 0 Å². The van der Waals surface area contributed by atoms with E-state index in [1.807, 2.05) is 43.9 Å². The molecule has 0 spiro atoms. The second-order valence-corrected chi connectivity index (χ2v) is 12.1. The number of pyridine rings is 1. The summed E-state index contributed by atoms with van der Waals surface area (Å²) in [6, 6.07) is 11.1. The van der Waals surface area contributed by atoms with E-state index >= 15 is 8.78 Å². The molecule has 0 saturated carbocycles. The Balaban J connectivity index is 1.69. The van der Waals surface area contributed by atoms with Gasteiger partial charge in [-0.15, -0.1) is 0 Å². The number of ketones is 1. The molecule has 2 bridgehead atoms. The topological polar surface area (TPSA) is 88.4 Å². The molecule has 0 unspecified atom stereocenters. The van der Waals surface area contributed by atoms with E-state index in [9.17, 15) is 14.4 Å². The van der Waals surface area contributed by atoms with Crippen molar-refractivity contribution in [2.24, 2.45) is 0 Å². The Morgan fingerprint density at radius 2 is 1.78 bits per heavy atom. The number of aryl methyl sites for hydroxylation is 1. The maximum absolute atomic E-state index is 16.3. The van der Waals surface area contributed by atoms with E-state index in [4.69, 9.17) is 4.98 Å². The molecule has 1 fully saturated rings. The lowest BCUT2D eigenvalue weighted by atomic mass is 9.94. The maximum Gasteiger partial charge on any atom is 0.355 e. The number of nitrogens with zero attached hydrogens (tertiary/aromatic N) is 5. The van der Waals surface area contributed by atoms with E-state index in [0.29, 0.717) is 49.1 Å². The molecular formula is C35H35F2N5O3. The van der Waals surface area contributed by atoms with Crippen molar-refractivity contribution >= 4 is 28.5 Å². The highest BCUT2D eigenvalue weighted by Gasteiger charge is 2.31. The van der Waals surface area contributed by atoms with Crippen molar-refractivity contribution in [1.82, 2.24) is 19.4 Å². The van der Waals surface area contributed by atoms with Crippen molar-refractivity contribution in [3.05, 3.63) is 93.9 Å². The number of carbonyl (C=O) groups is 2. The Hall–Kier alpha value is -4.73. The monoisotopic (exact) mass is 611 g/mol. The second-order valence-electron chi connectivity index (χ2n) is 12.1. The van der Waals surface area contributed by atoms with E-state index < -0.39 is 17.3 Å². The van der Waals surface area contributed by atoms with Gasteiger partial charge < -0.3 is 9.80 Å². The third kappa shape index (κ3) is 5.43. The standard InChI is InChI=1S/C35H35F2N5O3/c1-5-29(44)40-15-16-41(21(4)19-40)33-26-18-28(37)31-30-23(11-8-14-27(30)36)17-24(43)12-6-9-22-10-7-13-25(20(2)3)32(22)42(34(26)38-31)35(45)39-33/h5,7-8,10-11,13-14,18,20-21H,1,6,9,12,15-17,19H2,2-4H3/t21-/m0/s1. The van der Waals surface area contributed by atoms with Gasteiger partial charge in [-0.25, -0.2) is 23.1 Å². The highest BCUT2D eigenvalue weighted by molar-refractivity contribution is 5.92. The number of hydrogen-bond acceptors (Lipinski definition) is 6. The van der Waals surface area contributed by atoms with Crippen LogP contribution in [0.3, 0.4) is 0 Å². The molecule has 8 nitrogen and oxygen atoms in total. The molecule has 2 aromatic heterocycles. The number of fused-ring (bicyclic) bond motifs is 5. The minimum Gasteiger partial charge on any atom is -0.350 e. The maximum atomic E-state index is 16.3. The van der Waals surface area contributed by atoms with Crippen LogP contribution in [0.1, 0.15) is 56.2 Å². The summed E-state index contributed by atoms with van der Waals surface area (Å²) in [5.74, 6) is -1.53.